The van der Waals surface area contributed by atoms with E-state index in [1.807, 2.05) is 0 Å². The maximum atomic E-state index is 12.2. The minimum absolute atomic E-state index is 0.136. The van der Waals surface area contributed by atoms with E-state index < -0.39 is 10.0 Å². The predicted molar refractivity (Wildman–Crippen MR) is 104 cm³/mol. The third-order valence-corrected chi connectivity index (χ3v) is 5.92. The molecule has 1 saturated heterocycles. The number of sulfonamides is 1. The molecule has 0 radical (unpaired) electrons. The summed E-state index contributed by atoms with van der Waals surface area (Å²) in [6.07, 6.45) is 7.57. The SMILES string of the molecule is C=CCNS(=O)(=O)c1ccc(C(=O)NCCCN2CCCCCC2)cc1. The highest BCUT2D eigenvalue weighted by atomic mass is 32.2. The van der Waals surface area contributed by atoms with Gasteiger partial charge in [-0.1, -0.05) is 18.9 Å². The van der Waals surface area contributed by atoms with Gasteiger partial charge in [-0.2, -0.15) is 0 Å². The minimum atomic E-state index is -3.56. The fourth-order valence-corrected chi connectivity index (χ4v) is 4.00. The molecule has 0 aromatic heterocycles. The van der Waals surface area contributed by atoms with Gasteiger partial charge in [-0.05, 0) is 63.2 Å². The van der Waals surface area contributed by atoms with E-state index in [0.29, 0.717) is 12.1 Å². The molecule has 6 nitrogen and oxygen atoms in total. The van der Waals surface area contributed by atoms with Crippen LogP contribution in [0.1, 0.15) is 42.5 Å². The number of nitrogens with zero attached hydrogens (tertiary/aromatic N) is 1. The maximum absolute atomic E-state index is 12.2. The van der Waals surface area contributed by atoms with Crippen LogP contribution in [0.4, 0.5) is 0 Å². The van der Waals surface area contributed by atoms with Crippen LogP contribution in [-0.4, -0.2) is 51.9 Å². The Morgan fingerprint density at radius 3 is 2.38 bits per heavy atom. The number of amides is 1. The first-order chi connectivity index (χ1) is 12.5. The van der Waals surface area contributed by atoms with Gasteiger partial charge in [0.2, 0.25) is 10.0 Å². The Hall–Kier alpha value is -1.70. The summed E-state index contributed by atoms with van der Waals surface area (Å²) in [6, 6.07) is 5.95. The van der Waals surface area contributed by atoms with E-state index in [1.165, 1.54) is 56.0 Å². The number of likely N-dealkylation sites (tertiary alicyclic amines) is 1. The van der Waals surface area contributed by atoms with Crippen molar-refractivity contribution in [2.75, 3.05) is 32.7 Å². The van der Waals surface area contributed by atoms with Crippen molar-refractivity contribution in [3.8, 4) is 0 Å². The molecule has 26 heavy (non-hydrogen) atoms. The summed E-state index contributed by atoms with van der Waals surface area (Å²) >= 11 is 0. The predicted octanol–water partition coefficient (Wildman–Crippen LogP) is 2.15. The smallest absolute Gasteiger partial charge is 0.251 e. The molecule has 0 aliphatic carbocycles. The van der Waals surface area contributed by atoms with Gasteiger partial charge in [-0.15, -0.1) is 6.58 Å². The van der Waals surface area contributed by atoms with E-state index in [0.717, 1.165) is 26.1 Å². The van der Waals surface area contributed by atoms with Crippen LogP contribution in [0.15, 0.2) is 41.8 Å². The first kappa shape index (κ1) is 20.6. The monoisotopic (exact) mass is 379 g/mol. The van der Waals surface area contributed by atoms with Gasteiger partial charge in [-0.25, -0.2) is 13.1 Å². The molecule has 0 bridgehead atoms. The van der Waals surface area contributed by atoms with Gasteiger partial charge in [0.25, 0.3) is 5.91 Å². The quantitative estimate of drug-likeness (QED) is 0.509. The number of benzene rings is 1. The Balaban J connectivity index is 1.77. The molecule has 7 heteroatoms. The van der Waals surface area contributed by atoms with Gasteiger partial charge < -0.3 is 10.2 Å². The second-order valence-corrected chi connectivity index (χ2v) is 8.30. The number of hydrogen-bond donors (Lipinski definition) is 2. The van der Waals surface area contributed by atoms with Crippen LogP contribution in [0, 0.1) is 0 Å². The summed E-state index contributed by atoms with van der Waals surface area (Å²) in [4.78, 5) is 14.8. The lowest BCUT2D eigenvalue weighted by Crippen LogP contribution is -2.30. The normalized spacial score (nSPS) is 16.0. The van der Waals surface area contributed by atoms with Crippen molar-refractivity contribution < 1.29 is 13.2 Å². The highest BCUT2D eigenvalue weighted by Crippen LogP contribution is 2.11. The third kappa shape index (κ3) is 6.55. The second kappa shape index (κ2) is 10.4. The largest absolute Gasteiger partial charge is 0.352 e. The molecule has 1 amide bonds. The molecule has 0 saturated carbocycles. The second-order valence-electron chi connectivity index (χ2n) is 6.53. The summed E-state index contributed by atoms with van der Waals surface area (Å²) in [5, 5.41) is 2.90. The van der Waals surface area contributed by atoms with Crippen LogP contribution in [-0.2, 0) is 10.0 Å². The van der Waals surface area contributed by atoms with Crippen molar-refractivity contribution in [3.63, 3.8) is 0 Å². The first-order valence-corrected chi connectivity index (χ1v) is 10.7. The van der Waals surface area contributed by atoms with Crippen LogP contribution in [0.2, 0.25) is 0 Å². The van der Waals surface area contributed by atoms with Gasteiger partial charge in [0.15, 0.2) is 0 Å². The van der Waals surface area contributed by atoms with Crippen molar-refractivity contribution in [2.45, 2.75) is 37.0 Å². The summed E-state index contributed by atoms with van der Waals surface area (Å²) in [5.74, 6) is -0.177. The Morgan fingerprint density at radius 1 is 1.12 bits per heavy atom. The van der Waals surface area contributed by atoms with Crippen LogP contribution < -0.4 is 10.0 Å². The molecule has 1 aromatic carbocycles. The average molecular weight is 380 g/mol. The molecule has 0 unspecified atom stereocenters. The number of nitrogens with one attached hydrogen (secondary N) is 2. The summed E-state index contributed by atoms with van der Waals surface area (Å²) in [6.45, 7) is 7.59. The van der Waals surface area contributed by atoms with Gasteiger partial charge in [0.1, 0.15) is 0 Å². The maximum Gasteiger partial charge on any atom is 0.251 e. The fraction of sp³-hybridized carbons (Fsp3) is 0.526. The van der Waals surface area contributed by atoms with E-state index in [9.17, 15) is 13.2 Å². The molecule has 1 aliphatic heterocycles. The van der Waals surface area contributed by atoms with E-state index in [2.05, 4.69) is 21.5 Å². The van der Waals surface area contributed by atoms with Crippen molar-refractivity contribution >= 4 is 15.9 Å². The molecule has 2 N–H and O–H groups in total. The Kier molecular flexibility index (Phi) is 8.28. The van der Waals surface area contributed by atoms with E-state index in [-0.39, 0.29) is 17.3 Å². The topological polar surface area (TPSA) is 78.5 Å². The molecule has 0 spiro atoms. The van der Waals surface area contributed by atoms with Crippen molar-refractivity contribution in [3.05, 3.63) is 42.5 Å². The van der Waals surface area contributed by atoms with E-state index >= 15 is 0 Å². The molecule has 1 aliphatic rings. The van der Waals surface area contributed by atoms with Crippen molar-refractivity contribution in [1.29, 1.82) is 0 Å². The number of rotatable bonds is 9. The molecule has 1 fully saturated rings. The zero-order valence-electron chi connectivity index (χ0n) is 15.2. The molecule has 0 atom stereocenters. The van der Waals surface area contributed by atoms with Crippen molar-refractivity contribution in [1.82, 2.24) is 14.9 Å². The highest BCUT2D eigenvalue weighted by Gasteiger charge is 2.14. The first-order valence-electron chi connectivity index (χ1n) is 9.24. The van der Waals surface area contributed by atoms with Crippen LogP contribution in [0.3, 0.4) is 0 Å². The van der Waals surface area contributed by atoms with Gasteiger partial charge in [0.05, 0.1) is 4.90 Å². The van der Waals surface area contributed by atoms with Gasteiger partial charge in [0, 0.05) is 18.7 Å². The minimum Gasteiger partial charge on any atom is -0.352 e. The van der Waals surface area contributed by atoms with Crippen LogP contribution >= 0.6 is 0 Å². The molecule has 2 rings (SSSR count). The molecular weight excluding hydrogens is 350 g/mol. The van der Waals surface area contributed by atoms with E-state index in [1.54, 1.807) is 0 Å². The lowest BCUT2D eigenvalue weighted by atomic mass is 10.2. The number of carbonyl (C=O) groups is 1. The number of carbonyl (C=O) groups excluding carboxylic acids is 1. The lowest BCUT2D eigenvalue weighted by Gasteiger charge is -2.19. The zero-order valence-corrected chi connectivity index (χ0v) is 16.1. The standard InChI is InChI=1S/C19H29N3O3S/c1-2-12-21-26(24,25)18-10-8-17(9-11-18)19(23)20-13-7-16-22-14-5-3-4-6-15-22/h2,8-11,21H,1,3-7,12-16H2,(H,20,23). The molecule has 1 heterocycles. The zero-order chi connectivity index (χ0) is 18.8. The summed E-state index contributed by atoms with van der Waals surface area (Å²) < 4.78 is 26.4. The third-order valence-electron chi connectivity index (χ3n) is 4.48. The molecular formula is C19H29N3O3S. The van der Waals surface area contributed by atoms with Crippen LogP contribution in [0.25, 0.3) is 0 Å². The summed E-state index contributed by atoms with van der Waals surface area (Å²) in [7, 11) is -3.56. The van der Waals surface area contributed by atoms with E-state index in [4.69, 9.17) is 0 Å². The highest BCUT2D eigenvalue weighted by molar-refractivity contribution is 7.89. The van der Waals surface area contributed by atoms with Gasteiger partial charge >= 0.3 is 0 Å². The Bertz CT molecular complexity index is 678. The average Bonchev–Trinajstić information content (AvgIpc) is 2.92. The lowest BCUT2D eigenvalue weighted by molar-refractivity contribution is 0.0951. The molecule has 1 aromatic rings. The van der Waals surface area contributed by atoms with Gasteiger partial charge in [-0.3, -0.25) is 4.79 Å². The fourth-order valence-electron chi connectivity index (χ4n) is 3.00. The van der Waals surface area contributed by atoms with Crippen molar-refractivity contribution in [2.24, 2.45) is 0 Å². The number of hydrogen-bond acceptors (Lipinski definition) is 4. The van der Waals surface area contributed by atoms with Crippen LogP contribution in [0.5, 0.6) is 0 Å². The Morgan fingerprint density at radius 2 is 1.77 bits per heavy atom. The summed E-state index contributed by atoms with van der Waals surface area (Å²) in [5.41, 5.74) is 0.461. The Labute approximate surface area is 156 Å². The molecule has 144 valence electrons.